The van der Waals surface area contributed by atoms with E-state index in [1.54, 1.807) is 35.2 Å². The molecular formula is C33H34N4O8S. The molecule has 0 saturated carbocycles. The number of sulfone groups is 1. The number of para-hydroxylation sites is 1. The number of methoxy groups -OCH3 is 1. The molecule has 46 heavy (non-hydrogen) atoms. The molecule has 1 aliphatic rings. The number of hydrogen-bond acceptors (Lipinski definition) is 8. The number of hydrogen-bond donors (Lipinski definition) is 3. The summed E-state index contributed by atoms with van der Waals surface area (Å²) in [4.78, 5) is 39.6. The van der Waals surface area contributed by atoms with Crippen LogP contribution >= 0.6 is 0 Å². The van der Waals surface area contributed by atoms with Crippen LogP contribution in [0.1, 0.15) is 41.5 Å². The molecular weight excluding hydrogens is 612 g/mol. The number of carboxylic acids is 1. The number of aromatic nitrogens is 1. The first-order chi connectivity index (χ1) is 22.1. The molecule has 13 heteroatoms. The fourth-order valence-electron chi connectivity index (χ4n) is 5.46. The molecule has 0 aliphatic carbocycles. The SMILES string of the molecule is COc1cc(CC(=O)N2CCCC2c2cc(CC(C(=O)O)S(=O)(=O)c3ccccc3)on2)ccc1NC(=O)Nc1ccccc1C. The molecule has 2 atom stereocenters. The molecule has 240 valence electrons. The molecule has 5 rings (SSSR count). The molecule has 2 heterocycles. The lowest BCUT2D eigenvalue weighted by Crippen LogP contribution is -2.32. The Hall–Kier alpha value is -5.17. The second-order valence-electron chi connectivity index (χ2n) is 11.0. The lowest BCUT2D eigenvalue weighted by atomic mass is 10.1. The van der Waals surface area contributed by atoms with E-state index in [0.29, 0.717) is 41.3 Å². The third-order valence-corrected chi connectivity index (χ3v) is 9.91. The molecule has 12 nitrogen and oxygen atoms in total. The smallest absolute Gasteiger partial charge is 0.323 e. The van der Waals surface area contributed by atoms with Crippen LogP contribution in [0.25, 0.3) is 0 Å². The van der Waals surface area contributed by atoms with Crippen LogP contribution in [0.2, 0.25) is 0 Å². The minimum absolute atomic E-state index is 0.0592. The van der Waals surface area contributed by atoms with Crippen LogP contribution in [0.15, 0.2) is 88.3 Å². The minimum atomic E-state index is -4.19. The monoisotopic (exact) mass is 646 g/mol. The van der Waals surface area contributed by atoms with Gasteiger partial charge in [-0.1, -0.05) is 47.6 Å². The number of rotatable bonds is 11. The normalized spacial score (nSPS) is 15.3. The van der Waals surface area contributed by atoms with Gasteiger partial charge >= 0.3 is 12.0 Å². The molecule has 1 aliphatic heterocycles. The number of carboxylic acid groups (broad SMARTS) is 1. The lowest BCUT2D eigenvalue weighted by Gasteiger charge is -2.23. The molecule has 1 aromatic heterocycles. The highest BCUT2D eigenvalue weighted by atomic mass is 32.2. The molecule has 3 N–H and O–H groups in total. The van der Waals surface area contributed by atoms with E-state index in [-0.39, 0.29) is 23.0 Å². The second kappa shape index (κ2) is 13.9. The first kappa shape index (κ1) is 32.2. The van der Waals surface area contributed by atoms with E-state index in [0.717, 1.165) is 12.0 Å². The fraction of sp³-hybridized carbons (Fsp3) is 0.273. The van der Waals surface area contributed by atoms with Crippen LogP contribution in [0.4, 0.5) is 16.2 Å². The van der Waals surface area contributed by atoms with E-state index < -0.39 is 39.6 Å². The number of anilines is 2. The third kappa shape index (κ3) is 7.20. The van der Waals surface area contributed by atoms with Gasteiger partial charge < -0.3 is 29.9 Å². The number of carbonyl (C=O) groups excluding carboxylic acids is 2. The van der Waals surface area contributed by atoms with Crippen molar-refractivity contribution in [2.45, 2.75) is 48.8 Å². The van der Waals surface area contributed by atoms with E-state index in [2.05, 4.69) is 15.8 Å². The van der Waals surface area contributed by atoms with Crippen molar-refractivity contribution in [3.05, 3.63) is 101 Å². The van der Waals surface area contributed by atoms with Crippen LogP contribution < -0.4 is 15.4 Å². The van der Waals surface area contributed by atoms with Gasteiger partial charge in [0.25, 0.3) is 0 Å². The number of likely N-dealkylation sites (tertiary alicyclic amines) is 1. The molecule has 4 aromatic rings. The van der Waals surface area contributed by atoms with Gasteiger partial charge in [-0.05, 0) is 61.2 Å². The summed E-state index contributed by atoms with van der Waals surface area (Å²) in [5.41, 5.74) is 3.14. The summed E-state index contributed by atoms with van der Waals surface area (Å²) in [5.74, 6) is -1.17. The van der Waals surface area contributed by atoms with Gasteiger partial charge in [0.05, 0.1) is 30.2 Å². The predicted molar refractivity (Wildman–Crippen MR) is 169 cm³/mol. The van der Waals surface area contributed by atoms with Crippen molar-refractivity contribution in [3.8, 4) is 5.75 Å². The van der Waals surface area contributed by atoms with Crippen molar-refractivity contribution in [2.24, 2.45) is 0 Å². The number of urea groups is 1. The van der Waals surface area contributed by atoms with Crippen LogP contribution in [0, 0.1) is 6.92 Å². The van der Waals surface area contributed by atoms with E-state index >= 15 is 0 Å². The Morgan fingerprint density at radius 2 is 1.74 bits per heavy atom. The summed E-state index contributed by atoms with van der Waals surface area (Å²) >= 11 is 0. The largest absolute Gasteiger partial charge is 0.495 e. The van der Waals surface area contributed by atoms with E-state index in [9.17, 15) is 27.9 Å². The molecule has 2 unspecified atom stereocenters. The minimum Gasteiger partial charge on any atom is -0.495 e. The number of amides is 3. The maximum Gasteiger partial charge on any atom is 0.323 e. The van der Waals surface area contributed by atoms with Crippen LogP contribution in [0.5, 0.6) is 5.75 Å². The van der Waals surface area contributed by atoms with Gasteiger partial charge in [-0.3, -0.25) is 9.59 Å². The van der Waals surface area contributed by atoms with Crippen LogP contribution in [-0.4, -0.2) is 60.4 Å². The molecule has 0 spiro atoms. The highest BCUT2D eigenvalue weighted by Crippen LogP contribution is 2.34. The Morgan fingerprint density at radius 1 is 1.02 bits per heavy atom. The summed E-state index contributed by atoms with van der Waals surface area (Å²) in [6.07, 6.45) is 0.985. The van der Waals surface area contributed by atoms with E-state index in [1.165, 1.54) is 37.4 Å². The van der Waals surface area contributed by atoms with Gasteiger partial charge in [0.1, 0.15) is 17.2 Å². The van der Waals surface area contributed by atoms with Crippen molar-refractivity contribution in [1.29, 1.82) is 0 Å². The summed E-state index contributed by atoms with van der Waals surface area (Å²) in [7, 11) is -2.71. The zero-order valence-electron chi connectivity index (χ0n) is 25.3. The maximum atomic E-state index is 13.4. The third-order valence-electron chi connectivity index (χ3n) is 7.86. The molecule has 1 fully saturated rings. The standard InChI is InChI=1S/C33H34N4O8S/c1-21-9-6-7-12-25(21)34-33(41)35-26-15-14-22(17-29(26)44-2)18-31(38)37-16-8-13-28(37)27-19-23(45-36-27)20-30(32(39)40)46(42,43)24-10-4-3-5-11-24/h3-7,9-12,14-15,17,19,28,30H,8,13,16,18,20H2,1-2H3,(H,39,40)(H2,34,35,41). The Labute approximate surface area is 266 Å². The number of carbonyl (C=O) groups is 3. The molecule has 3 aromatic carbocycles. The summed E-state index contributed by atoms with van der Waals surface area (Å²) in [5, 5.41) is 17.7. The van der Waals surface area contributed by atoms with Gasteiger partial charge in [-0.15, -0.1) is 0 Å². The quantitative estimate of drug-likeness (QED) is 0.203. The number of benzene rings is 3. The number of aliphatic carboxylic acids is 1. The van der Waals surface area contributed by atoms with Gasteiger partial charge in [-0.25, -0.2) is 13.2 Å². The van der Waals surface area contributed by atoms with Crippen molar-refractivity contribution < 1.29 is 37.2 Å². The zero-order chi connectivity index (χ0) is 32.8. The van der Waals surface area contributed by atoms with Gasteiger partial charge in [0, 0.05) is 24.7 Å². The van der Waals surface area contributed by atoms with Crippen molar-refractivity contribution >= 4 is 39.1 Å². The Bertz CT molecular complexity index is 1840. The first-order valence-electron chi connectivity index (χ1n) is 14.6. The van der Waals surface area contributed by atoms with Gasteiger partial charge in [-0.2, -0.15) is 0 Å². The molecule has 3 amide bonds. The maximum absolute atomic E-state index is 13.4. The predicted octanol–water partition coefficient (Wildman–Crippen LogP) is 5.01. The Balaban J connectivity index is 1.25. The van der Waals surface area contributed by atoms with E-state index in [1.807, 2.05) is 25.1 Å². The lowest BCUT2D eigenvalue weighted by molar-refractivity contribution is -0.136. The van der Waals surface area contributed by atoms with Gasteiger partial charge in [0.15, 0.2) is 15.1 Å². The van der Waals surface area contributed by atoms with Crippen molar-refractivity contribution in [2.75, 3.05) is 24.3 Å². The van der Waals surface area contributed by atoms with Gasteiger partial charge in [0.2, 0.25) is 5.91 Å². The highest BCUT2D eigenvalue weighted by molar-refractivity contribution is 7.92. The molecule has 0 radical (unpaired) electrons. The number of nitrogens with one attached hydrogen (secondary N) is 2. The summed E-state index contributed by atoms with van der Waals surface area (Å²) in [6, 6.07) is 20.6. The van der Waals surface area contributed by atoms with Crippen molar-refractivity contribution in [3.63, 3.8) is 0 Å². The number of ether oxygens (including phenoxy) is 1. The van der Waals surface area contributed by atoms with E-state index in [4.69, 9.17) is 9.26 Å². The number of aryl methyl sites for hydroxylation is 1. The van der Waals surface area contributed by atoms with Crippen LogP contribution in [0.3, 0.4) is 0 Å². The van der Waals surface area contributed by atoms with Crippen molar-refractivity contribution in [1.82, 2.24) is 10.1 Å². The summed E-state index contributed by atoms with van der Waals surface area (Å²) in [6.45, 7) is 2.38. The Kier molecular flexibility index (Phi) is 9.71. The highest BCUT2D eigenvalue weighted by Gasteiger charge is 2.37. The fourth-order valence-corrected chi connectivity index (χ4v) is 6.97. The topological polar surface area (TPSA) is 168 Å². The number of nitrogens with zero attached hydrogens (tertiary/aromatic N) is 2. The average Bonchev–Trinajstić information content (AvgIpc) is 3.72. The summed E-state index contributed by atoms with van der Waals surface area (Å²) < 4.78 is 36.9. The molecule has 1 saturated heterocycles. The second-order valence-corrected chi connectivity index (χ2v) is 13.1. The average molecular weight is 647 g/mol. The zero-order valence-corrected chi connectivity index (χ0v) is 26.1. The Morgan fingerprint density at radius 3 is 2.46 bits per heavy atom. The van der Waals surface area contributed by atoms with Crippen LogP contribution in [-0.2, 0) is 32.3 Å². The molecule has 0 bridgehead atoms. The first-order valence-corrected chi connectivity index (χ1v) is 16.2.